The second-order valence-electron chi connectivity index (χ2n) is 5.76. The van der Waals surface area contributed by atoms with Crippen LogP contribution < -0.4 is 11.3 Å². The minimum absolute atomic E-state index is 0.520. The molecule has 2 nitrogen and oxygen atoms in total. The molecule has 110 valence electrons. The number of rotatable bonds is 12. The molecule has 0 amide bonds. The Morgan fingerprint density at radius 1 is 0.889 bits per heavy atom. The van der Waals surface area contributed by atoms with Gasteiger partial charge < -0.3 is 0 Å². The van der Waals surface area contributed by atoms with Crippen LogP contribution in [0.3, 0.4) is 0 Å². The lowest BCUT2D eigenvalue weighted by atomic mass is 9.83. The van der Waals surface area contributed by atoms with Gasteiger partial charge in [-0.2, -0.15) is 0 Å². The summed E-state index contributed by atoms with van der Waals surface area (Å²) in [4.78, 5) is 0. The van der Waals surface area contributed by atoms with Crippen LogP contribution in [-0.2, 0) is 0 Å². The van der Waals surface area contributed by atoms with E-state index in [1.165, 1.54) is 57.8 Å². The average Bonchev–Trinajstić information content (AvgIpc) is 2.39. The molecule has 0 saturated heterocycles. The molecule has 0 saturated carbocycles. The van der Waals surface area contributed by atoms with Gasteiger partial charge in [0, 0.05) is 6.04 Å². The van der Waals surface area contributed by atoms with Crippen molar-refractivity contribution in [3.8, 4) is 0 Å². The molecular formula is C16H36N2. The number of nitrogens with two attached hydrogens (primary N) is 1. The van der Waals surface area contributed by atoms with Crippen LogP contribution in [-0.4, -0.2) is 6.04 Å². The predicted molar refractivity (Wildman–Crippen MR) is 82.3 cm³/mol. The molecule has 0 aliphatic heterocycles. The first-order valence-corrected chi connectivity index (χ1v) is 8.19. The Morgan fingerprint density at radius 3 is 1.89 bits per heavy atom. The lowest BCUT2D eigenvalue weighted by Crippen LogP contribution is -2.42. The van der Waals surface area contributed by atoms with Gasteiger partial charge in [0.05, 0.1) is 0 Å². The van der Waals surface area contributed by atoms with Gasteiger partial charge in [-0.1, -0.05) is 66.2 Å². The van der Waals surface area contributed by atoms with E-state index in [1.807, 2.05) is 0 Å². The number of nitrogens with one attached hydrogen (secondary N) is 1. The number of unbranched alkanes of at least 4 members (excludes halogenated alkanes) is 1. The quantitative estimate of drug-likeness (QED) is 0.394. The van der Waals surface area contributed by atoms with E-state index >= 15 is 0 Å². The van der Waals surface area contributed by atoms with Crippen LogP contribution in [0, 0.1) is 11.8 Å². The van der Waals surface area contributed by atoms with Gasteiger partial charge in [0.2, 0.25) is 0 Å². The van der Waals surface area contributed by atoms with Crippen molar-refractivity contribution in [3.05, 3.63) is 0 Å². The van der Waals surface area contributed by atoms with Crippen molar-refractivity contribution in [2.75, 3.05) is 0 Å². The summed E-state index contributed by atoms with van der Waals surface area (Å²) >= 11 is 0. The molecule has 0 aromatic rings. The average molecular weight is 256 g/mol. The fraction of sp³-hybridized carbons (Fsp3) is 1.00. The Bertz CT molecular complexity index is 164. The molecule has 2 unspecified atom stereocenters. The van der Waals surface area contributed by atoms with Crippen LogP contribution >= 0.6 is 0 Å². The molecule has 2 heteroatoms. The van der Waals surface area contributed by atoms with Gasteiger partial charge in [0.1, 0.15) is 0 Å². The van der Waals surface area contributed by atoms with E-state index in [0.717, 1.165) is 11.8 Å². The zero-order valence-electron chi connectivity index (χ0n) is 13.2. The van der Waals surface area contributed by atoms with Gasteiger partial charge in [-0.05, 0) is 31.1 Å². The van der Waals surface area contributed by atoms with E-state index in [0.29, 0.717) is 6.04 Å². The highest BCUT2D eigenvalue weighted by atomic mass is 15.2. The fourth-order valence-corrected chi connectivity index (χ4v) is 3.03. The molecule has 0 aromatic carbocycles. The lowest BCUT2D eigenvalue weighted by Gasteiger charge is -2.29. The molecule has 0 aliphatic carbocycles. The minimum atomic E-state index is 0.520. The third kappa shape index (κ3) is 7.38. The third-order valence-electron chi connectivity index (χ3n) is 4.23. The van der Waals surface area contributed by atoms with Crippen molar-refractivity contribution in [2.24, 2.45) is 17.7 Å². The van der Waals surface area contributed by atoms with Crippen LogP contribution in [0.2, 0.25) is 0 Å². The summed E-state index contributed by atoms with van der Waals surface area (Å²) in [5.74, 6) is 7.43. The monoisotopic (exact) mass is 256 g/mol. The van der Waals surface area contributed by atoms with E-state index < -0.39 is 0 Å². The summed E-state index contributed by atoms with van der Waals surface area (Å²) < 4.78 is 0. The molecule has 3 N–H and O–H groups in total. The third-order valence-corrected chi connectivity index (χ3v) is 4.23. The second-order valence-corrected chi connectivity index (χ2v) is 5.76. The number of hydrogen-bond acceptors (Lipinski definition) is 2. The van der Waals surface area contributed by atoms with Crippen molar-refractivity contribution in [3.63, 3.8) is 0 Å². The van der Waals surface area contributed by atoms with Crippen LogP contribution in [0.4, 0.5) is 0 Å². The van der Waals surface area contributed by atoms with E-state index in [2.05, 4.69) is 33.1 Å². The highest BCUT2D eigenvalue weighted by molar-refractivity contribution is 4.77. The van der Waals surface area contributed by atoms with E-state index in [1.54, 1.807) is 0 Å². The normalized spacial score (nSPS) is 15.0. The Balaban J connectivity index is 4.32. The molecule has 0 bridgehead atoms. The maximum Gasteiger partial charge on any atom is 0.0241 e. The highest BCUT2D eigenvalue weighted by Crippen LogP contribution is 2.26. The zero-order valence-corrected chi connectivity index (χ0v) is 13.2. The molecule has 0 aliphatic rings. The molecule has 0 fully saturated rings. The molecule has 0 radical (unpaired) electrons. The molecular weight excluding hydrogens is 220 g/mol. The Labute approximate surface area is 115 Å². The molecule has 0 spiro atoms. The fourth-order valence-electron chi connectivity index (χ4n) is 3.03. The summed E-state index contributed by atoms with van der Waals surface area (Å²) in [7, 11) is 0. The summed E-state index contributed by atoms with van der Waals surface area (Å²) in [6.07, 6.45) is 11.8. The first kappa shape index (κ1) is 17.9. The topological polar surface area (TPSA) is 38.0 Å². The number of hydrogen-bond donors (Lipinski definition) is 2. The maximum atomic E-state index is 5.82. The standard InChI is InChI=1S/C16H36N2/c1-5-9-12-14(8-4)13-16(18-17)15(10-6-2)11-7-3/h14-16,18H,5-13,17H2,1-4H3. The van der Waals surface area contributed by atoms with Gasteiger partial charge in [-0.3, -0.25) is 11.3 Å². The summed E-state index contributed by atoms with van der Waals surface area (Å²) in [6.45, 7) is 9.17. The van der Waals surface area contributed by atoms with Crippen LogP contribution in [0.5, 0.6) is 0 Å². The largest absolute Gasteiger partial charge is 0.271 e. The maximum absolute atomic E-state index is 5.82. The van der Waals surface area contributed by atoms with Crippen molar-refractivity contribution in [1.82, 2.24) is 5.43 Å². The van der Waals surface area contributed by atoms with Crippen molar-refractivity contribution >= 4 is 0 Å². The number of hydrazine groups is 1. The minimum Gasteiger partial charge on any atom is -0.271 e. The van der Waals surface area contributed by atoms with Gasteiger partial charge in [-0.15, -0.1) is 0 Å². The van der Waals surface area contributed by atoms with Crippen LogP contribution in [0.15, 0.2) is 0 Å². The van der Waals surface area contributed by atoms with Gasteiger partial charge in [-0.25, -0.2) is 0 Å². The molecule has 0 rings (SSSR count). The van der Waals surface area contributed by atoms with Gasteiger partial charge in [0.15, 0.2) is 0 Å². The summed E-state index contributed by atoms with van der Waals surface area (Å²) in [6, 6.07) is 0.520. The Morgan fingerprint density at radius 2 is 1.50 bits per heavy atom. The SMILES string of the molecule is CCCCC(CC)CC(NN)C(CCC)CCC. The van der Waals surface area contributed by atoms with Crippen LogP contribution in [0.1, 0.15) is 85.5 Å². The zero-order chi connectivity index (χ0) is 13.8. The Kier molecular flexibility index (Phi) is 11.9. The summed E-state index contributed by atoms with van der Waals surface area (Å²) in [5.41, 5.74) is 3.11. The van der Waals surface area contributed by atoms with E-state index in [4.69, 9.17) is 5.84 Å². The second kappa shape index (κ2) is 12.0. The van der Waals surface area contributed by atoms with Crippen LogP contribution in [0.25, 0.3) is 0 Å². The highest BCUT2D eigenvalue weighted by Gasteiger charge is 2.22. The Hall–Kier alpha value is -0.0800. The predicted octanol–water partition coefficient (Wildman–Crippen LogP) is 4.64. The van der Waals surface area contributed by atoms with E-state index in [-0.39, 0.29) is 0 Å². The van der Waals surface area contributed by atoms with E-state index in [9.17, 15) is 0 Å². The first-order chi connectivity index (χ1) is 8.73. The van der Waals surface area contributed by atoms with Crippen molar-refractivity contribution in [1.29, 1.82) is 0 Å². The molecule has 0 aromatic heterocycles. The van der Waals surface area contributed by atoms with Crippen molar-refractivity contribution in [2.45, 2.75) is 91.5 Å². The first-order valence-electron chi connectivity index (χ1n) is 8.19. The molecule has 0 heterocycles. The van der Waals surface area contributed by atoms with Gasteiger partial charge in [0.25, 0.3) is 0 Å². The smallest absolute Gasteiger partial charge is 0.0241 e. The summed E-state index contributed by atoms with van der Waals surface area (Å²) in [5, 5.41) is 0. The lowest BCUT2D eigenvalue weighted by molar-refractivity contribution is 0.252. The molecule has 18 heavy (non-hydrogen) atoms. The van der Waals surface area contributed by atoms with Crippen molar-refractivity contribution < 1.29 is 0 Å². The van der Waals surface area contributed by atoms with Gasteiger partial charge >= 0.3 is 0 Å². The molecule has 2 atom stereocenters.